The van der Waals surface area contributed by atoms with Crippen molar-refractivity contribution in [2.24, 2.45) is 0 Å². The van der Waals surface area contributed by atoms with Crippen LogP contribution in [0.3, 0.4) is 0 Å². The van der Waals surface area contributed by atoms with Crippen LogP contribution in [0.15, 0.2) is 24.3 Å². The van der Waals surface area contributed by atoms with Crippen LogP contribution in [0.2, 0.25) is 0 Å². The molecule has 21 heavy (non-hydrogen) atoms. The van der Waals surface area contributed by atoms with Crippen molar-refractivity contribution in [3.63, 3.8) is 0 Å². The van der Waals surface area contributed by atoms with E-state index in [1.807, 2.05) is 4.90 Å². The van der Waals surface area contributed by atoms with Gasteiger partial charge in [-0.25, -0.2) is 0 Å². The first-order valence-corrected chi connectivity index (χ1v) is 7.64. The molecule has 1 heterocycles. The van der Waals surface area contributed by atoms with Gasteiger partial charge in [0.05, 0.1) is 25.2 Å². The normalized spacial score (nSPS) is 22.3. The van der Waals surface area contributed by atoms with Crippen LogP contribution in [0.4, 0.5) is 0 Å². The van der Waals surface area contributed by atoms with Gasteiger partial charge in [0.1, 0.15) is 0 Å². The van der Waals surface area contributed by atoms with Gasteiger partial charge >= 0.3 is 0 Å². The molecule has 0 saturated carbocycles. The van der Waals surface area contributed by atoms with Gasteiger partial charge in [-0.2, -0.15) is 0 Å². The number of likely N-dealkylation sites (tertiary alicyclic amines) is 1. The number of aliphatic hydroxyl groups is 1. The fraction of sp³-hybridized carbons (Fsp3) is 0.588. The summed E-state index contributed by atoms with van der Waals surface area (Å²) in [4.78, 5) is 14.1. The molecule has 1 aromatic carbocycles. The van der Waals surface area contributed by atoms with Crippen molar-refractivity contribution in [1.82, 2.24) is 4.90 Å². The van der Waals surface area contributed by atoms with Gasteiger partial charge in [0.15, 0.2) is 0 Å². The molecule has 0 aliphatic carbocycles. The van der Waals surface area contributed by atoms with Crippen LogP contribution in [0.1, 0.15) is 30.4 Å². The number of nitrogens with zero attached hydrogens (tertiary/aromatic N) is 1. The number of ether oxygens (including phenoxy) is 1. The van der Waals surface area contributed by atoms with Gasteiger partial charge in [-0.3, -0.25) is 4.79 Å². The van der Waals surface area contributed by atoms with Crippen molar-refractivity contribution < 1.29 is 14.6 Å². The van der Waals surface area contributed by atoms with E-state index in [2.05, 4.69) is 31.2 Å². The second-order valence-electron chi connectivity index (χ2n) is 5.80. The molecule has 0 aromatic heterocycles. The Bertz CT molecular complexity index is 458. The first-order chi connectivity index (χ1) is 10.1. The number of piperidine rings is 1. The molecule has 1 aliphatic rings. The minimum absolute atomic E-state index is 0.0766. The van der Waals surface area contributed by atoms with E-state index >= 15 is 0 Å². The number of hydrogen-bond donors (Lipinski definition) is 1. The van der Waals surface area contributed by atoms with Crippen LogP contribution in [0, 0.1) is 6.92 Å². The first kappa shape index (κ1) is 16.0. The van der Waals surface area contributed by atoms with Gasteiger partial charge in [-0.15, -0.1) is 0 Å². The number of methoxy groups -OCH3 is 1. The summed E-state index contributed by atoms with van der Waals surface area (Å²) >= 11 is 0. The first-order valence-electron chi connectivity index (χ1n) is 7.64. The quantitative estimate of drug-likeness (QED) is 0.902. The minimum Gasteiger partial charge on any atom is -0.391 e. The average Bonchev–Trinajstić information content (AvgIpc) is 2.49. The highest BCUT2D eigenvalue weighted by Crippen LogP contribution is 2.22. The number of carbonyl (C=O) groups is 1. The van der Waals surface area contributed by atoms with Gasteiger partial charge in [-0.1, -0.05) is 29.8 Å². The molecule has 1 aromatic rings. The van der Waals surface area contributed by atoms with Crippen molar-refractivity contribution in [2.75, 3.05) is 20.3 Å². The lowest BCUT2D eigenvalue weighted by atomic mass is 9.92. The smallest absolute Gasteiger partial charge is 0.225 e. The number of hydrogen-bond acceptors (Lipinski definition) is 3. The Kier molecular flexibility index (Phi) is 5.76. The third-order valence-electron chi connectivity index (χ3n) is 4.15. The monoisotopic (exact) mass is 291 g/mol. The standard InChI is InChI=1S/C17H25NO3/c1-13-5-7-14(8-6-13)12-15-16(19)4-3-10-18(15)17(20)9-11-21-2/h5-8,15-16,19H,3-4,9-12H2,1-2H3/t15-,16-/m0/s1. The van der Waals surface area contributed by atoms with Crippen LogP contribution in [-0.2, 0) is 16.0 Å². The van der Waals surface area contributed by atoms with Crippen LogP contribution < -0.4 is 0 Å². The molecule has 0 bridgehead atoms. The number of carbonyl (C=O) groups excluding carboxylic acids is 1. The summed E-state index contributed by atoms with van der Waals surface area (Å²) < 4.78 is 4.99. The predicted molar refractivity (Wildman–Crippen MR) is 82.1 cm³/mol. The van der Waals surface area contributed by atoms with E-state index in [0.717, 1.165) is 24.9 Å². The Morgan fingerprint density at radius 3 is 2.76 bits per heavy atom. The molecule has 0 unspecified atom stereocenters. The zero-order valence-corrected chi connectivity index (χ0v) is 12.9. The number of rotatable bonds is 5. The number of amides is 1. The zero-order valence-electron chi connectivity index (χ0n) is 12.9. The summed E-state index contributed by atoms with van der Waals surface area (Å²) in [6, 6.07) is 8.18. The third kappa shape index (κ3) is 4.29. The number of aryl methyl sites for hydroxylation is 1. The van der Waals surface area contributed by atoms with Gasteiger partial charge in [0, 0.05) is 13.7 Å². The summed E-state index contributed by atoms with van der Waals surface area (Å²) in [5, 5.41) is 10.3. The average molecular weight is 291 g/mol. The van der Waals surface area contributed by atoms with E-state index in [-0.39, 0.29) is 11.9 Å². The van der Waals surface area contributed by atoms with E-state index in [1.54, 1.807) is 7.11 Å². The van der Waals surface area contributed by atoms with E-state index in [9.17, 15) is 9.90 Å². The molecule has 116 valence electrons. The topological polar surface area (TPSA) is 49.8 Å². The van der Waals surface area contributed by atoms with Gasteiger partial charge in [0.2, 0.25) is 5.91 Å². The maximum Gasteiger partial charge on any atom is 0.225 e. The Morgan fingerprint density at radius 2 is 2.10 bits per heavy atom. The highest BCUT2D eigenvalue weighted by Gasteiger charge is 2.32. The molecule has 1 aliphatic heterocycles. The molecule has 2 rings (SSSR count). The lowest BCUT2D eigenvalue weighted by molar-refractivity contribution is -0.139. The fourth-order valence-corrected chi connectivity index (χ4v) is 2.89. The van der Waals surface area contributed by atoms with Crippen molar-refractivity contribution in [1.29, 1.82) is 0 Å². The van der Waals surface area contributed by atoms with Crippen LogP contribution in [0.25, 0.3) is 0 Å². The molecule has 1 amide bonds. The summed E-state index contributed by atoms with van der Waals surface area (Å²) in [5.74, 6) is 0.0766. The summed E-state index contributed by atoms with van der Waals surface area (Å²) in [6.45, 7) is 3.22. The van der Waals surface area contributed by atoms with E-state index < -0.39 is 6.10 Å². The predicted octanol–water partition coefficient (Wildman–Crippen LogP) is 1.93. The van der Waals surface area contributed by atoms with Gasteiger partial charge in [-0.05, 0) is 31.7 Å². The van der Waals surface area contributed by atoms with Crippen LogP contribution >= 0.6 is 0 Å². The number of benzene rings is 1. The molecular weight excluding hydrogens is 266 g/mol. The second kappa shape index (κ2) is 7.57. The fourth-order valence-electron chi connectivity index (χ4n) is 2.89. The third-order valence-corrected chi connectivity index (χ3v) is 4.15. The lowest BCUT2D eigenvalue weighted by Gasteiger charge is -2.39. The summed E-state index contributed by atoms with van der Waals surface area (Å²) in [7, 11) is 1.60. The molecule has 2 atom stereocenters. The molecule has 0 radical (unpaired) electrons. The molecule has 1 N–H and O–H groups in total. The second-order valence-corrected chi connectivity index (χ2v) is 5.80. The van der Waals surface area contributed by atoms with Gasteiger partial charge in [0.25, 0.3) is 0 Å². The van der Waals surface area contributed by atoms with Gasteiger partial charge < -0.3 is 14.7 Å². The van der Waals surface area contributed by atoms with Crippen molar-refractivity contribution >= 4 is 5.91 Å². The SMILES string of the molecule is COCCC(=O)N1CCC[C@H](O)[C@@H]1Cc1ccc(C)cc1. The lowest BCUT2D eigenvalue weighted by Crippen LogP contribution is -2.52. The Balaban J connectivity index is 2.07. The largest absolute Gasteiger partial charge is 0.391 e. The van der Waals surface area contributed by atoms with Crippen molar-refractivity contribution in [3.8, 4) is 0 Å². The molecule has 1 saturated heterocycles. The maximum absolute atomic E-state index is 12.3. The highest BCUT2D eigenvalue weighted by molar-refractivity contribution is 5.76. The minimum atomic E-state index is -0.438. The molecular formula is C17H25NO3. The number of aliphatic hydroxyl groups excluding tert-OH is 1. The Hall–Kier alpha value is -1.39. The van der Waals surface area contributed by atoms with Crippen LogP contribution in [0.5, 0.6) is 0 Å². The Morgan fingerprint density at radius 1 is 1.38 bits per heavy atom. The van der Waals surface area contributed by atoms with E-state index in [0.29, 0.717) is 19.4 Å². The molecule has 1 fully saturated rings. The van der Waals surface area contributed by atoms with Crippen molar-refractivity contribution in [3.05, 3.63) is 35.4 Å². The molecule has 0 spiro atoms. The van der Waals surface area contributed by atoms with E-state index in [4.69, 9.17) is 4.74 Å². The van der Waals surface area contributed by atoms with Crippen LogP contribution in [-0.4, -0.2) is 48.3 Å². The summed E-state index contributed by atoms with van der Waals surface area (Å²) in [6.07, 6.45) is 2.29. The molecule has 4 nitrogen and oxygen atoms in total. The van der Waals surface area contributed by atoms with E-state index in [1.165, 1.54) is 5.56 Å². The Labute approximate surface area is 126 Å². The zero-order chi connectivity index (χ0) is 15.2. The maximum atomic E-state index is 12.3. The van der Waals surface area contributed by atoms with Crippen molar-refractivity contribution in [2.45, 2.75) is 44.8 Å². The molecule has 4 heteroatoms. The summed E-state index contributed by atoms with van der Waals surface area (Å²) in [5.41, 5.74) is 2.38. The highest BCUT2D eigenvalue weighted by atomic mass is 16.5.